The van der Waals surface area contributed by atoms with Gasteiger partial charge in [0, 0.05) is 11.4 Å². The average molecular weight is 424 g/mol. The second-order valence-corrected chi connectivity index (χ2v) is 8.15. The molecule has 5 amide bonds. The van der Waals surface area contributed by atoms with Gasteiger partial charge >= 0.3 is 6.03 Å². The number of amides is 5. The largest absolute Gasteiger partial charge is 0.459 e. The second kappa shape index (κ2) is 8.25. The predicted octanol–water partition coefficient (Wildman–Crippen LogP) is 2.97. The number of hydrogen-bond acceptors (Lipinski definition) is 5. The molecular weight excluding hydrogens is 400 g/mol. The number of hydrogen-bond donors (Lipinski definition) is 3. The van der Waals surface area contributed by atoms with E-state index in [0.717, 1.165) is 17.7 Å². The van der Waals surface area contributed by atoms with Gasteiger partial charge < -0.3 is 20.4 Å². The van der Waals surface area contributed by atoms with E-state index in [9.17, 15) is 19.2 Å². The first-order chi connectivity index (χ1) is 14.9. The number of imide groups is 1. The lowest BCUT2D eigenvalue weighted by atomic mass is 9.77. The SMILES string of the molecule is CC1CCC2(CC1)NC(=O)N(CC(=O)Nc1cccc(NC(=O)c3ccco3)c1)C2=O. The smallest absolute Gasteiger partial charge is 0.325 e. The van der Waals surface area contributed by atoms with Crippen LogP contribution < -0.4 is 16.0 Å². The van der Waals surface area contributed by atoms with Gasteiger partial charge in [-0.15, -0.1) is 0 Å². The highest BCUT2D eigenvalue weighted by Crippen LogP contribution is 2.36. The lowest BCUT2D eigenvalue weighted by molar-refractivity contribution is -0.135. The fourth-order valence-corrected chi connectivity index (χ4v) is 4.03. The molecule has 4 rings (SSSR count). The molecule has 9 heteroatoms. The quantitative estimate of drug-likeness (QED) is 0.637. The molecule has 3 N–H and O–H groups in total. The second-order valence-electron chi connectivity index (χ2n) is 8.15. The molecule has 1 aliphatic heterocycles. The number of nitrogens with one attached hydrogen (secondary N) is 3. The van der Waals surface area contributed by atoms with Crippen LogP contribution in [0.2, 0.25) is 0 Å². The highest BCUT2D eigenvalue weighted by atomic mass is 16.3. The fourth-order valence-electron chi connectivity index (χ4n) is 4.03. The molecular formula is C22H24N4O5. The van der Waals surface area contributed by atoms with Gasteiger partial charge in [0.1, 0.15) is 12.1 Å². The van der Waals surface area contributed by atoms with Gasteiger partial charge in [0.05, 0.1) is 6.26 Å². The van der Waals surface area contributed by atoms with Crippen LogP contribution in [-0.2, 0) is 9.59 Å². The van der Waals surface area contributed by atoms with Crippen molar-refractivity contribution < 1.29 is 23.6 Å². The van der Waals surface area contributed by atoms with Crippen LogP contribution in [0.4, 0.5) is 16.2 Å². The molecule has 1 aliphatic carbocycles. The number of benzene rings is 1. The van der Waals surface area contributed by atoms with Crippen LogP contribution in [0.3, 0.4) is 0 Å². The number of carbonyl (C=O) groups excluding carboxylic acids is 4. The maximum absolute atomic E-state index is 12.9. The van der Waals surface area contributed by atoms with Gasteiger partial charge in [-0.2, -0.15) is 0 Å². The van der Waals surface area contributed by atoms with Gasteiger partial charge in [0.2, 0.25) is 5.91 Å². The van der Waals surface area contributed by atoms with Crippen molar-refractivity contribution in [3.05, 3.63) is 48.4 Å². The Kier molecular flexibility index (Phi) is 5.50. The van der Waals surface area contributed by atoms with Gasteiger partial charge in [0.25, 0.3) is 11.8 Å². The number of urea groups is 1. The van der Waals surface area contributed by atoms with Crippen molar-refractivity contribution in [2.45, 2.75) is 38.1 Å². The van der Waals surface area contributed by atoms with Crippen molar-refractivity contribution in [3.8, 4) is 0 Å². The Balaban J connectivity index is 1.37. The third-order valence-corrected chi connectivity index (χ3v) is 5.82. The molecule has 2 aliphatic rings. The first kappa shape index (κ1) is 20.6. The zero-order valence-corrected chi connectivity index (χ0v) is 17.1. The van der Waals surface area contributed by atoms with Gasteiger partial charge in [-0.05, 0) is 61.9 Å². The molecule has 0 bridgehead atoms. The molecule has 2 fully saturated rings. The number of furan rings is 1. The molecule has 0 unspecified atom stereocenters. The number of rotatable bonds is 5. The van der Waals surface area contributed by atoms with Crippen LogP contribution >= 0.6 is 0 Å². The molecule has 1 aromatic heterocycles. The molecule has 1 aromatic carbocycles. The van der Waals surface area contributed by atoms with E-state index in [1.165, 1.54) is 6.26 Å². The van der Waals surface area contributed by atoms with E-state index < -0.39 is 23.4 Å². The van der Waals surface area contributed by atoms with Crippen molar-refractivity contribution in [1.29, 1.82) is 0 Å². The number of nitrogens with zero attached hydrogens (tertiary/aromatic N) is 1. The number of carbonyl (C=O) groups is 4. The Bertz CT molecular complexity index is 1010. The molecule has 1 spiro atoms. The summed E-state index contributed by atoms with van der Waals surface area (Å²) in [5.41, 5.74) is 0.0138. The first-order valence-electron chi connectivity index (χ1n) is 10.3. The zero-order chi connectivity index (χ0) is 22.0. The average Bonchev–Trinajstić information content (AvgIpc) is 3.35. The lowest BCUT2D eigenvalue weighted by Gasteiger charge is -2.33. The van der Waals surface area contributed by atoms with E-state index in [2.05, 4.69) is 22.9 Å². The Morgan fingerprint density at radius 2 is 1.84 bits per heavy atom. The molecule has 2 aromatic rings. The fraction of sp³-hybridized carbons (Fsp3) is 0.364. The van der Waals surface area contributed by atoms with Gasteiger partial charge in [-0.3, -0.25) is 19.3 Å². The van der Waals surface area contributed by atoms with E-state index in [-0.39, 0.29) is 18.2 Å². The van der Waals surface area contributed by atoms with Crippen LogP contribution in [0.25, 0.3) is 0 Å². The van der Waals surface area contributed by atoms with Crippen LogP contribution in [0.15, 0.2) is 47.1 Å². The van der Waals surface area contributed by atoms with E-state index >= 15 is 0 Å². The lowest BCUT2D eigenvalue weighted by Crippen LogP contribution is -2.49. The predicted molar refractivity (Wildman–Crippen MR) is 112 cm³/mol. The summed E-state index contributed by atoms with van der Waals surface area (Å²) in [5.74, 6) is -0.564. The maximum Gasteiger partial charge on any atom is 0.325 e. The highest BCUT2D eigenvalue weighted by Gasteiger charge is 2.52. The van der Waals surface area contributed by atoms with E-state index in [4.69, 9.17) is 4.42 Å². The van der Waals surface area contributed by atoms with E-state index in [1.807, 2.05) is 0 Å². The minimum atomic E-state index is -0.875. The summed E-state index contributed by atoms with van der Waals surface area (Å²) in [6, 6.07) is 9.18. The monoisotopic (exact) mass is 424 g/mol. The van der Waals surface area contributed by atoms with Gasteiger partial charge in [-0.25, -0.2) is 4.79 Å². The van der Waals surface area contributed by atoms with Crippen molar-refractivity contribution in [1.82, 2.24) is 10.2 Å². The summed E-state index contributed by atoms with van der Waals surface area (Å²) in [6.45, 7) is 1.76. The Hall–Kier alpha value is -3.62. The highest BCUT2D eigenvalue weighted by molar-refractivity contribution is 6.10. The van der Waals surface area contributed by atoms with Crippen molar-refractivity contribution >= 4 is 35.1 Å². The summed E-state index contributed by atoms with van der Waals surface area (Å²) in [4.78, 5) is 50.8. The minimum Gasteiger partial charge on any atom is -0.459 e. The summed E-state index contributed by atoms with van der Waals surface area (Å²) in [5, 5.41) is 8.15. The molecule has 1 saturated heterocycles. The molecule has 31 heavy (non-hydrogen) atoms. The summed E-state index contributed by atoms with van der Waals surface area (Å²) in [7, 11) is 0. The third kappa shape index (κ3) is 4.30. The van der Waals surface area contributed by atoms with Crippen molar-refractivity contribution in [2.24, 2.45) is 5.92 Å². The van der Waals surface area contributed by atoms with Crippen molar-refractivity contribution in [2.75, 3.05) is 17.2 Å². The van der Waals surface area contributed by atoms with E-state index in [1.54, 1.807) is 36.4 Å². The maximum atomic E-state index is 12.9. The van der Waals surface area contributed by atoms with Gasteiger partial charge in [0.15, 0.2) is 5.76 Å². The summed E-state index contributed by atoms with van der Waals surface area (Å²) >= 11 is 0. The molecule has 0 radical (unpaired) electrons. The Morgan fingerprint density at radius 3 is 2.52 bits per heavy atom. The summed E-state index contributed by atoms with van der Waals surface area (Å²) in [6.07, 6.45) is 4.31. The van der Waals surface area contributed by atoms with Crippen molar-refractivity contribution in [3.63, 3.8) is 0 Å². The molecule has 0 atom stereocenters. The van der Waals surface area contributed by atoms with Crippen LogP contribution in [0, 0.1) is 5.92 Å². The molecule has 162 valence electrons. The third-order valence-electron chi connectivity index (χ3n) is 5.82. The normalized spacial score (nSPS) is 23.0. The Morgan fingerprint density at radius 1 is 1.13 bits per heavy atom. The number of anilines is 2. The van der Waals surface area contributed by atoms with Crippen LogP contribution in [0.5, 0.6) is 0 Å². The molecule has 2 heterocycles. The first-order valence-corrected chi connectivity index (χ1v) is 10.3. The summed E-state index contributed by atoms with van der Waals surface area (Å²) < 4.78 is 5.05. The molecule has 1 saturated carbocycles. The van der Waals surface area contributed by atoms with E-state index in [0.29, 0.717) is 30.1 Å². The topological polar surface area (TPSA) is 121 Å². The standard InChI is InChI=1S/C22H24N4O5/c1-14-7-9-22(10-8-14)20(29)26(21(30)25-22)13-18(27)23-15-4-2-5-16(12-15)24-19(28)17-6-3-11-31-17/h2-6,11-12,14H,7-10,13H2,1H3,(H,23,27)(H,24,28)(H,25,30). The minimum absolute atomic E-state index is 0.166. The molecule has 9 nitrogen and oxygen atoms in total. The Labute approximate surface area is 179 Å². The van der Waals surface area contributed by atoms with Crippen LogP contribution in [-0.4, -0.2) is 40.7 Å². The van der Waals surface area contributed by atoms with Crippen LogP contribution in [0.1, 0.15) is 43.2 Å². The van der Waals surface area contributed by atoms with Gasteiger partial charge in [-0.1, -0.05) is 13.0 Å². The zero-order valence-electron chi connectivity index (χ0n) is 17.1.